The van der Waals surface area contributed by atoms with Gasteiger partial charge in [0.05, 0.1) is 11.8 Å². The second-order valence-electron chi connectivity index (χ2n) is 8.11. The minimum absolute atomic E-state index is 0.0248. The van der Waals surface area contributed by atoms with Gasteiger partial charge >= 0.3 is 0 Å². The summed E-state index contributed by atoms with van der Waals surface area (Å²) in [6.45, 7) is 9.68. The lowest BCUT2D eigenvalue weighted by atomic mass is 10.1. The number of allylic oxidation sites excluding steroid dienone is 2. The highest BCUT2D eigenvalue weighted by Crippen LogP contribution is 2.25. The van der Waals surface area contributed by atoms with Crippen molar-refractivity contribution in [3.05, 3.63) is 83.4 Å². The van der Waals surface area contributed by atoms with E-state index in [-0.39, 0.29) is 17.6 Å². The van der Waals surface area contributed by atoms with Crippen molar-refractivity contribution in [2.24, 2.45) is 0 Å². The third kappa shape index (κ3) is 5.98. The van der Waals surface area contributed by atoms with E-state index >= 15 is 0 Å². The highest BCUT2D eigenvalue weighted by Gasteiger charge is 2.16. The highest BCUT2D eigenvalue weighted by atomic mass is 19.1. The molecule has 34 heavy (non-hydrogen) atoms. The van der Waals surface area contributed by atoms with Crippen LogP contribution in [0.1, 0.15) is 68.8 Å². The van der Waals surface area contributed by atoms with Gasteiger partial charge in [0.15, 0.2) is 12.4 Å². The number of aldehydes is 1. The van der Waals surface area contributed by atoms with Crippen LogP contribution in [-0.4, -0.2) is 22.5 Å². The minimum Gasteiger partial charge on any atom is -0.483 e. The van der Waals surface area contributed by atoms with Crippen LogP contribution in [0.2, 0.25) is 0 Å². The van der Waals surface area contributed by atoms with Crippen molar-refractivity contribution in [1.29, 1.82) is 0 Å². The Balaban J connectivity index is 1.68. The van der Waals surface area contributed by atoms with Gasteiger partial charge in [0, 0.05) is 11.5 Å². The average Bonchev–Trinajstić information content (AvgIpc) is 3.34. The number of nitrogens with zero attached hydrogens (tertiary/aromatic N) is 2. The van der Waals surface area contributed by atoms with Crippen LogP contribution in [0.25, 0.3) is 17.0 Å². The maximum absolute atomic E-state index is 13.9. The predicted octanol–water partition coefficient (Wildman–Crippen LogP) is 6.95. The van der Waals surface area contributed by atoms with Crippen LogP contribution in [0.5, 0.6) is 5.75 Å². The van der Waals surface area contributed by atoms with Crippen molar-refractivity contribution in [3.8, 4) is 17.1 Å². The SMILES string of the molecule is C/C=C(/O/C=C(\C)c1ccc(C=O)c(F)c1)C(CC)Oc1ccc(-c2noc(C(C)C)n2)cc1. The molecule has 3 rings (SSSR count). The Morgan fingerprint density at radius 1 is 1.18 bits per heavy atom. The second kappa shape index (κ2) is 11.4. The Bertz CT molecular complexity index is 1180. The number of carbonyl (C=O) groups is 1. The third-order valence-electron chi connectivity index (χ3n) is 5.25. The molecule has 0 bridgehead atoms. The summed E-state index contributed by atoms with van der Waals surface area (Å²) >= 11 is 0. The van der Waals surface area contributed by atoms with Gasteiger partial charge in [-0.1, -0.05) is 32.0 Å². The van der Waals surface area contributed by atoms with Gasteiger partial charge in [-0.3, -0.25) is 4.79 Å². The molecule has 0 aliphatic rings. The van der Waals surface area contributed by atoms with Gasteiger partial charge in [0.25, 0.3) is 0 Å². The minimum atomic E-state index is -0.564. The number of aromatic nitrogens is 2. The molecule has 6 nitrogen and oxygen atoms in total. The molecule has 1 aromatic heterocycles. The molecule has 1 atom stereocenters. The largest absolute Gasteiger partial charge is 0.483 e. The fraction of sp³-hybridized carbons (Fsp3) is 0.296. The van der Waals surface area contributed by atoms with E-state index in [1.165, 1.54) is 12.1 Å². The number of rotatable bonds is 10. The number of hydrogen-bond acceptors (Lipinski definition) is 6. The fourth-order valence-electron chi connectivity index (χ4n) is 3.20. The second-order valence-corrected chi connectivity index (χ2v) is 8.11. The van der Waals surface area contributed by atoms with Crippen molar-refractivity contribution >= 4 is 11.9 Å². The summed E-state index contributed by atoms with van der Waals surface area (Å²) in [5.74, 6) is 2.06. The molecule has 0 saturated carbocycles. The van der Waals surface area contributed by atoms with Gasteiger partial charge in [-0.15, -0.1) is 0 Å². The Hall–Kier alpha value is -3.74. The average molecular weight is 465 g/mol. The Morgan fingerprint density at radius 3 is 2.47 bits per heavy atom. The molecule has 2 aromatic carbocycles. The van der Waals surface area contributed by atoms with Crippen LogP contribution >= 0.6 is 0 Å². The maximum atomic E-state index is 13.9. The van der Waals surface area contributed by atoms with Gasteiger partial charge < -0.3 is 14.0 Å². The molecule has 3 aromatic rings. The zero-order valence-corrected chi connectivity index (χ0v) is 20.0. The van der Waals surface area contributed by atoms with Gasteiger partial charge in [-0.25, -0.2) is 4.39 Å². The first-order chi connectivity index (χ1) is 16.4. The maximum Gasteiger partial charge on any atom is 0.229 e. The summed E-state index contributed by atoms with van der Waals surface area (Å²) < 4.78 is 31.3. The standard InChI is InChI=1S/C27H29FN2O4/c1-6-24(32-16-18(5)20-8-9-21(15-31)23(28)14-20)25(7-2)33-22-12-10-19(11-13-22)26-29-27(17(3)4)34-30-26/h6,8-17,25H,7H2,1-5H3/b18-16+,24-6+. The summed E-state index contributed by atoms with van der Waals surface area (Å²) in [5.41, 5.74) is 2.21. The van der Waals surface area contributed by atoms with Gasteiger partial charge in [0.2, 0.25) is 11.7 Å². The molecule has 0 aliphatic carbocycles. The lowest BCUT2D eigenvalue weighted by molar-refractivity contribution is 0.112. The van der Waals surface area contributed by atoms with Gasteiger partial charge in [0.1, 0.15) is 17.3 Å². The molecule has 1 unspecified atom stereocenters. The normalized spacial score (nSPS) is 13.1. The van der Waals surface area contributed by atoms with Crippen molar-refractivity contribution in [2.75, 3.05) is 0 Å². The summed E-state index contributed by atoms with van der Waals surface area (Å²) in [5, 5.41) is 4.03. The summed E-state index contributed by atoms with van der Waals surface area (Å²) in [4.78, 5) is 15.2. The molecule has 0 aliphatic heterocycles. The van der Waals surface area contributed by atoms with Crippen molar-refractivity contribution in [1.82, 2.24) is 10.1 Å². The molecular weight excluding hydrogens is 435 g/mol. The molecule has 0 saturated heterocycles. The lowest BCUT2D eigenvalue weighted by Gasteiger charge is -2.20. The van der Waals surface area contributed by atoms with E-state index in [0.29, 0.717) is 41.5 Å². The monoisotopic (exact) mass is 464 g/mol. The molecule has 7 heteroatoms. The van der Waals surface area contributed by atoms with E-state index in [9.17, 15) is 9.18 Å². The van der Waals surface area contributed by atoms with Gasteiger partial charge in [-0.2, -0.15) is 4.98 Å². The number of hydrogen-bond donors (Lipinski definition) is 0. The Labute approximate surface area is 199 Å². The van der Waals surface area contributed by atoms with Crippen molar-refractivity contribution in [2.45, 2.75) is 53.1 Å². The Kier molecular flexibility index (Phi) is 8.35. The molecule has 0 amide bonds. The van der Waals surface area contributed by atoms with Crippen LogP contribution in [0.4, 0.5) is 4.39 Å². The third-order valence-corrected chi connectivity index (χ3v) is 5.25. The van der Waals surface area contributed by atoms with E-state index in [1.54, 1.807) is 12.3 Å². The zero-order chi connectivity index (χ0) is 24.7. The molecule has 0 spiro atoms. The first kappa shape index (κ1) is 24.9. The van der Waals surface area contributed by atoms with Crippen LogP contribution in [0.15, 0.2) is 65.1 Å². The smallest absolute Gasteiger partial charge is 0.229 e. The zero-order valence-electron chi connectivity index (χ0n) is 20.0. The molecule has 0 radical (unpaired) electrons. The van der Waals surface area contributed by atoms with Crippen LogP contribution in [-0.2, 0) is 4.74 Å². The quantitative estimate of drug-likeness (QED) is 0.239. The lowest BCUT2D eigenvalue weighted by Crippen LogP contribution is -2.19. The number of ether oxygens (including phenoxy) is 2. The number of benzene rings is 2. The summed E-state index contributed by atoms with van der Waals surface area (Å²) in [6, 6.07) is 11.9. The van der Waals surface area contributed by atoms with E-state index in [0.717, 1.165) is 11.1 Å². The van der Waals surface area contributed by atoms with Crippen LogP contribution in [0, 0.1) is 5.82 Å². The van der Waals surface area contributed by atoms with E-state index < -0.39 is 5.82 Å². The van der Waals surface area contributed by atoms with E-state index in [1.807, 2.05) is 65.0 Å². The summed E-state index contributed by atoms with van der Waals surface area (Å²) in [6.07, 6.45) is 4.26. The summed E-state index contributed by atoms with van der Waals surface area (Å²) in [7, 11) is 0. The Morgan fingerprint density at radius 2 is 1.91 bits per heavy atom. The van der Waals surface area contributed by atoms with Crippen LogP contribution in [0.3, 0.4) is 0 Å². The number of halogens is 1. The molecule has 178 valence electrons. The van der Waals surface area contributed by atoms with E-state index in [2.05, 4.69) is 10.1 Å². The fourth-order valence-corrected chi connectivity index (χ4v) is 3.20. The predicted molar refractivity (Wildman–Crippen MR) is 129 cm³/mol. The first-order valence-electron chi connectivity index (χ1n) is 11.2. The molecule has 1 heterocycles. The van der Waals surface area contributed by atoms with E-state index in [4.69, 9.17) is 14.0 Å². The van der Waals surface area contributed by atoms with Gasteiger partial charge in [-0.05, 0) is 73.9 Å². The molecular formula is C27H29FN2O4. The van der Waals surface area contributed by atoms with Crippen molar-refractivity contribution in [3.63, 3.8) is 0 Å². The topological polar surface area (TPSA) is 74.5 Å². The molecule has 0 N–H and O–H groups in total. The molecule has 0 fully saturated rings. The van der Waals surface area contributed by atoms with Crippen LogP contribution < -0.4 is 4.74 Å². The highest BCUT2D eigenvalue weighted by molar-refractivity contribution is 5.76. The number of carbonyl (C=O) groups excluding carboxylic acids is 1. The van der Waals surface area contributed by atoms with Crippen molar-refractivity contribution < 1.29 is 23.2 Å². The first-order valence-corrected chi connectivity index (χ1v) is 11.2.